The van der Waals surface area contributed by atoms with E-state index in [-0.39, 0.29) is 17.6 Å². The van der Waals surface area contributed by atoms with Gasteiger partial charge in [-0.15, -0.1) is 0 Å². The van der Waals surface area contributed by atoms with Crippen molar-refractivity contribution in [2.24, 2.45) is 0 Å². The van der Waals surface area contributed by atoms with Crippen molar-refractivity contribution in [3.05, 3.63) is 83.9 Å². The van der Waals surface area contributed by atoms with Gasteiger partial charge in [0.05, 0.1) is 16.8 Å². The van der Waals surface area contributed by atoms with Crippen molar-refractivity contribution in [2.45, 2.75) is 45.1 Å². The Kier molecular flexibility index (Phi) is 6.23. The number of anilines is 2. The third-order valence-corrected chi connectivity index (χ3v) is 6.66. The van der Waals surface area contributed by atoms with Gasteiger partial charge in [0.25, 0.3) is 0 Å². The van der Waals surface area contributed by atoms with E-state index in [0.29, 0.717) is 11.3 Å². The van der Waals surface area contributed by atoms with Crippen LogP contribution in [0.4, 0.5) is 16.3 Å². The lowest BCUT2D eigenvalue weighted by atomic mass is 9.94. The van der Waals surface area contributed by atoms with Crippen molar-refractivity contribution in [3.63, 3.8) is 0 Å². The molecule has 2 N–H and O–H groups in total. The van der Waals surface area contributed by atoms with Crippen LogP contribution in [-0.4, -0.2) is 32.9 Å². The van der Waals surface area contributed by atoms with Crippen molar-refractivity contribution in [2.75, 3.05) is 10.2 Å². The predicted octanol–water partition coefficient (Wildman–Crippen LogP) is 6.40. The summed E-state index contributed by atoms with van der Waals surface area (Å²) in [4.78, 5) is 27.2. The first-order valence-corrected chi connectivity index (χ1v) is 12.0. The first kappa shape index (κ1) is 22.7. The van der Waals surface area contributed by atoms with Crippen LogP contribution in [0.5, 0.6) is 0 Å². The first-order chi connectivity index (χ1) is 17.0. The Morgan fingerprint density at radius 2 is 1.69 bits per heavy atom. The van der Waals surface area contributed by atoms with Gasteiger partial charge >= 0.3 is 12.0 Å². The number of carbonyl (C=O) groups excluding carboxylic acids is 1. The number of para-hydroxylation sites is 1. The molecular formula is C28H28N4O3. The molecule has 5 rings (SSSR count). The van der Waals surface area contributed by atoms with E-state index in [2.05, 4.69) is 5.32 Å². The molecule has 0 atom stereocenters. The molecule has 1 aromatic heterocycles. The number of carboxylic acids is 1. The zero-order chi connectivity index (χ0) is 24.4. The SMILES string of the molecule is Cc1cc(C(=O)O)ccc1NC(=O)N(c1c2ccccc2nn1-c1ccccc1)C1CCCCC1. The highest BCUT2D eigenvalue weighted by atomic mass is 16.4. The molecule has 1 aliphatic rings. The van der Waals surface area contributed by atoms with E-state index in [9.17, 15) is 14.7 Å². The number of fused-ring (bicyclic) bond motifs is 1. The molecule has 0 spiro atoms. The summed E-state index contributed by atoms with van der Waals surface area (Å²) in [5.41, 5.74) is 3.19. The van der Waals surface area contributed by atoms with E-state index in [1.54, 1.807) is 19.1 Å². The Balaban J connectivity index is 1.62. The molecule has 0 bridgehead atoms. The average molecular weight is 469 g/mol. The maximum Gasteiger partial charge on any atom is 0.335 e. The highest BCUT2D eigenvalue weighted by Gasteiger charge is 2.32. The largest absolute Gasteiger partial charge is 0.478 e. The Morgan fingerprint density at radius 3 is 2.40 bits per heavy atom. The van der Waals surface area contributed by atoms with Crippen LogP contribution in [0.15, 0.2) is 72.8 Å². The summed E-state index contributed by atoms with van der Waals surface area (Å²) in [6, 6.07) is 22.3. The molecule has 0 radical (unpaired) electrons. The van der Waals surface area contributed by atoms with Crippen LogP contribution in [0.3, 0.4) is 0 Å². The van der Waals surface area contributed by atoms with Gasteiger partial charge < -0.3 is 10.4 Å². The standard InChI is InChI=1S/C28H28N4O3/c1-19-18-20(27(33)34)16-17-24(19)29-28(35)31(21-10-4-2-5-11-21)26-23-14-8-9-15-25(23)30-32(26)22-12-6-3-7-13-22/h3,6-9,12-18,21H,2,4-5,10-11H2,1H3,(H,29,35)(H,33,34). The van der Waals surface area contributed by atoms with Crippen molar-refractivity contribution in [3.8, 4) is 5.69 Å². The molecule has 1 fully saturated rings. The molecule has 7 nitrogen and oxygen atoms in total. The summed E-state index contributed by atoms with van der Waals surface area (Å²) in [6.07, 6.45) is 5.13. The van der Waals surface area contributed by atoms with Crippen molar-refractivity contribution >= 4 is 34.4 Å². The smallest absolute Gasteiger partial charge is 0.335 e. The molecule has 0 aliphatic heterocycles. The summed E-state index contributed by atoms with van der Waals surface area (Å²) >= 11 is 0. The number of amides is 2. The summed E-state index contributed by atoms with van der Waals surface area (Å²) in [5, 5.41) is 18.1. The number of aryl methyl sites for hydroxylation is 1. The van der Waals surface area contributed by atoms with Gasteiger partial charge in [-0.25, -0.2) is 14.3 Å². The zero-order valence-corrected chi connectivity index (χ0v) is 19.6. The van der Waals surface area contributed by atoms with Gasteiger partial charge in [-0.1, -0.05) is 49.6 Å². The molecule has 35 heavy (non-hydrogen) atoms. The van der Waals surface area contributed by atoms with Crippen LogP contribution in [0.1, 0.15) is 48.0 Å². The van der Waals surface area contributed by atoms with Crippen molar-refractivity contribution in [1.82, 2.24) is 9.78 Å². The second-order valence-corrected chi connectivity index (χ2v) is 9.01. The summed E-state index contributed by atoms with van der Waals surface area (Å²) < 4.78 is 1.86. The van der Waals surface area contributed by atoms with E-state index in [1.807, 2.05) is 64.2 Å². The van der Waals surface area contributed by atoms with Crippen molar-refractivity contribution < 1.29 is 14.7 Å². The Bertz CT molecular complexity index is 1370. The summed E-state index contributed by atoms with van der Waals surface area (Å²) in [5.74, 6) is -0.246. The third-order valence-electron chi connectivity index (χ3n) is 6.66. The van der Waals surface area contributed by atoms with Gasteiger partial charge in [0.2, 0.25) is 0 Å². The number of hydrogen-bond acceptors (Lipinski definition) is 3. The fraction of sp³-hybridized carbons (Fsp3) is 0.250. The molecule has 4 aromatic rings. The first-order valence-electron chi connectivity index (χ1n) is 12.0. The number of rotatable bonds is 5. The molecule has 178 valence electrons. The Morgan fingerprint density at radius 1 is 0.971 bits per heavy atom. The predicted molar refractivity (Wildman–Crippen MR) is 138 cm³/mol. The van der Waals surface area contributed by atoms with E-state index < -0.39 is 5.97 Å². The number of carbonyl (C=O) groups is 2. The third kappa shape index (κ3) is 4.49. The molecule has 3 aromatic carbocycles. The van der Waals surface area contributed by atoms with Crippen LogP contribution >= 0.6 is 0 Å². The van der Waals surface area contributed by atoms with Crippen LogP contribution in [0, 0.1) is 6.92 Å². The monoisotopic (exact) mass is 468 g/mol. The molecule has 1 heterocycles. The lowest BCUT2D eigenvalue weighted by molar-refractivity contribution is 0.0697. The molecule has 1 aliphatic carbocycles. The maximum absolute atomic E-state index is 14.0. The second-order valence-electron chi connectivity index (χ2n) is 9.01. The van der Waals surface area contributed by atoms with Crippen LogP contribution in [-0.2, 0) is 0 Å². The number of urea groups is 1. The number of hydrogen-bond donors (Lipinski definition) is 2. The average Bonchev–Trinajstić information content (AvgIpc) is 3.26. The Hall–Kier alpha value is -4.13. The number of aromatic nitrogens is 2. The van der Waals surface area contributed by atoms with Crippen molar-refractivity contribution in [1.29, 1.82) is 0 Å². The van der Waals surface area contributed by atoms with Gasteiger partial charge in [-0.2, -0.15) is 5.10 Å². The molecule has 0 saturated heterocycles. The quantitative estimate of drug-likeness (QED) is 0.355. The van der Waals surface area contributed by atoms with E-state index >= 15 is 0 Å². The van der Waals surface area contributed by atoms with Gasteiger partial charge in [-0.3, -0.25) is 4.90 Å². The van der Waals surface area contributed by atoms with Crippen LogP contribution < -0.4 is 10.2 Å². The summed E-state index contributed by atoms with van der Waals surface area (Å²) in [6.45, 7) is 1.80. The Labute approximate surface area is 204 Å². The van der Waals surface area contributed by atoms with Gasteiger partial charge in [0, 0.05) is 17.1 Å². The number of nitrogens with one attached hydrogen (secondary N) is 1. The van der Waals surface area contributed by atoms with Crippen LogP contribution in [0.2, 0.25) is 0 Å². The molecule has 1 saturated carbocycles. The lowest BCUT2D eigenvalue weighted by Gasteiger charge is -2.34. The lowest BCUT2D eigenvalue weighted by Crippen LogP contribution is -2.45. The highest BCUT2D eigenvalue weighted by Crippen LogP contribution is 2.35. The minimum Gasteiger partial charge on any atom is -0.478 e. The van der Waals surface area contributed by atoms with Gasteiger partial charge in [0.1, 0.15) is 5.82 Å². The summed E-state index contributed by atoms with van der Waals surface area (Å²) in [7, 11) is 0. The number of benzene rings is 3. The molecular weight excluding hydrogens is 440 g/mol. The normalized spacial score (nSPS) is 14.1. The fourth-order valence-electron chi connectivity index (χ4n) is 4.89. The van der Waals surface area contributed by atoms with E-state index in [4.69, 9.17) is 5.10 Å². The minimum atomic E-state index is -0.993. The topological polar surface area (TPSA) is 87.5 Å². The zero-order valence-electron chi connectivity index (χ0n) is 19.6. The van der Waals surface area contributed by atoms with E-state index in [0.717, 1.165) is 48.1 Å². The fourth-order valence-corrected chi connectivity index (χ4v) is 4.89. The molecule has 7 heteroatoms. The maximum atomic E-state index is 14.0. The van der Waals surface area contributed by atoms with Gasteiger partial charge in [-0.05, 0) is 67.8 Å². The number of aromatic carboxylic acids is 1. The van der Waals surface area contributed by atoms with Crippen LogP contribution in [0.25, 0.3) is 16.6 Å². The second kappa shape index (κ2) is 9.62. The van der Waals surface area contributed by atoms with Gasteiger partial charge in [0.15, 0.2) is 0 Å². The number of carboxylic acid groups (broad SMARTS) is 1. The molecule has 0 unspecified atom stereocenters. The highest BCUT2D eigenvalue weighted by molar-refractivity contribution is 6.07. The number of nitrogens with zero attached hydrogens (tertiary/aromatic N) is 3. The minimum absolute atomic E-state index is 0.0323. The van der Waals surface area contributed by atoms with E-state index in [1.165, 1.54) is 12.5 Å². The molecule has 2 amide bonds.